The van der Waals surface area contributed by atoms with Crippen LogP contribution in [0.1, 0.15) is 11.1 Å². The van der Waals surface area contributed by atoms with Gasteiger partial charge in [0.1, 0.15) is 6.33 Å². The van der Waals surface area contributed by atoms with Gasteiger partial charge < -0.3 is 0 Å². The Morgan fingerprint density at radius 3 is 2.57 bits per heavy atom. The lowest BCUT2D eigenvalue weighted by molar-refractivity contribution is 0.973. The molecule has 0 saturated heterocycles. The number of aryl methyl sites for hydroxylation is 2. The van der Waals surface area contributed by atoms with E-state index in [1.807, 2.05) is 4.52 Å². The van der Waals surface area contributed by atoms with E-state index in [9.17, 15) is 0 Å². The lowest BCUT2D eigenvalue weighted by atomic mass is 10.1. The molecule has 2 aromatic heterocycles. The quantitative estimate of drug-likeness (QED) is 0.513. The number of thiazole rings is 1. The van der Waals surface area contributed by atoms with Crippen LogP contribution < -0.4 is 0 Å². The molecule has 0 amide bonds. The standard InChI is InChI=1S/C18H15N3S2/c1-12-7-9-14(10-8-12)22-17-16(15-6-4-3-5-13(15)2)21-18(23-17)19-11-20-21/h3-11H,1-2H3. The van der Waals surface area contributed by atoms with Crippen molar-refractivity contribution < 1.29 is 0 Å². The molecule has 0 radical (unpaired) electrons. The second-order valence-corrected chi connectivity index (χ2v) is 7.74. The molecule has 0 unspecified atom stereocenters. The van der Waals surface area contributed by atoms with Crippen molar-refractivity contribution >= 4 is 28.1 Å². The summed E-state index contributed by atoms with van der Waals surface area (Å²) in [7, 11) is 0. The monoisotopic (exact) mass is 337 g/mol. The van der Waals surface area contributed by atoms with Gasteiger partial charge in [0.05, 0.1) is 9.90 Å². The van der Waals surface area contributed by atoms with Gasteiger partial charge >= 0.3 is 0 Å². The van der Waals surface area contributed by atoms with Gasteiger partial charge in [0.15, 0.2) is 0 Å². The highest BCUT2D eigenvalue weighted by Gasteiger charge is 2.18. The van der Waals surface area contributed by atoms with Crippen LogP contribution in [0.15, 0.2) is 64.0 Å². The predicted molar refractivity (Wildman–Crippen MR) is 96.3 cm³/mol. The second kappa shape index (κ2) is 5.83. The molecule has 2 heterocycles. The van der Waals surface area contributed by atoms with Crippen LogP contribution in [-0.4, -0.2) is 14.6 Å². The van der Waals surface area contributed by atoms with Crippen molar-refractivity contribution in [2.45, 2.75) is 23.0 Å². The number of hydrogen-bond acceptors (Lipinski definition) is 4. The van der Waals surface area contributed by atoms with E-state index in [1.54, 1.807) is 29.4 Å². The summed E-state index contributed by atoms with van der Waals surface area (Å²) in [6, 6.07) is 17.0. The molecule has 0 N–H and O–H groups in total. The Hall–Kier alpha value is -2.11. The molecule has 2 aromatic carbocycles. The molecule has 4 aromatic rings. The Bertz CT molecular complexity index is 968. The van der Waals surface area contributed by atoms with Gasteiger partial charge in [-0.05, 0) is 31.5 Å². The third-order valence-electron chi connectivity index (χ3n) is 3.74. The maximum Gasteiger partial charge on any atom is 0.213 e. The Labute approximate surface area is 143 Å². The fourth-order valence-electron chi connectivity index (χ4n) is 2.52. The second-order valence-electron chi connectivity index (χ2n) is 5.42. The number of nitrogens with zero attached hydrogens (tertiary/aromatic N) is 3. The first-order valence-corrected chi connectivity index (χ1v) is 8.99. The molecule has 0 aliphatic heterocycles. The summed E-state index contributed by atoms with van der Waals surface area (Å²) in [5.74, 6) is 0. The topological polar surface area (TPSA) is 30.2 Å². The van der Waals surface area contributed by atoms with Gasteiger partial charge in [-0.25, -0.2) is 9.50 Å². The number of rotatable bonds is 3. The zero-order chi connectivity index (χ0) is 15.8. The van der Waals surface area contributed by atoms with Crippen molar-refractivity contribution in [2.24, 2.45) is 0 Å². The predicted octanol–water partition coefficient (Wildman–Crippen LogP) is 5.23. The molecule has 0 saturated carbocycles. The molecule has 0 spiro atoms. The largest absolute Gasteiger partial charge is 0.213 e. The van der Waals surface area contributed by atoms with Gasteiger partial charge in [-0.1, -0.05) is 65.1 Å². The van der Waals surface area contributed by atoms with Crippen LogP contribution in [0.4, 0.5) is 0 Å². The first-order valence-electron chi connectivity index (χ1n) is 7.35. The smallest absolute Gasteiger partial charge is 0.206 e. The summed E-state index contributed by atoms with van der Waals surface area (Å²) in [6.45, 7) is 4.24. The van der Waals surface area contributed by atoms with E-state index in [4.69, 9.17) is 0 Å². The van der Waals surface area contributed by atoms with E-state index in [1.165, 1.54) is 25.8 Å². The molecule has 0 bridgehead atoms. The van der Waals surface area contributed by atoms with E-state index in [0.717, 1.165) is 10.7 Å². The van der Waals surface area contributed by atoms with Crippen molar-refractivity contribution in [1.29, 1.82) is 0 Å². The summed E-state index contributed by atoms with van der Waals surface area (Å²) in [5.41, 5.74) is 4.86. The average molecular weight is 337 g/mol. The number of fused-ring (bicyclic) bond motifs is 1. The fraction of sp³-hybridized carbons (Fsp3) is 0.111. The highest BCUT2D eigenvalue weighted by molar-refractivity contribution is 8.01. The van der Waals surface area contributed by atoms with Crippen molar-refractivity contribution in [1.82, 2.24) is 14.6 Å². The average Bonchev–Trinajstić information content (AvgIpc) is 3.11. The maximum absolute atomic E-state index is 4.42. The molecule has 0 aliphatic rings. The van der Waals surface area contributed by atoms with Crippen LogP contribution in [0.2, 0.25) is 0 Å². The van der Waals surface area contributed by atoms with Crippen LogP contribution in [0.25, 0.3) is 16.2 Å². The summed E-state index contributed by atoms with van der Waals surface area (Å²) in [6.07, 6.45) is 1.62. The molecule has 114 valence electrons. The molecular formula is C18H15N3S2. The summed E-state index contributed by atoms with van der Waals surface area (Å²) >= 11 is 3.46. The van der Waals surface area contributed by atoms with E-state index in [0.29, 0.717) is 0 Å². The van der Waals surface area contributed by atoms with Crippen LogP contribution in [0.3, 0.4) is 0 Å². The molecule has 5 heteroatoms. The van der Waals surface area contributed by atoms with Gasteiger partial charge in [0, 0.05) is 10.5 Å². The molecule has 0 fully saturated rings. The van der Waals surface area contributed by atoms with Gasteiger partial charge in [0.25, 0.3) is 0 Å². The summed E-state index contributed by atoms with van der Waals surface area (Å²) < 4.78 is 3.17. The van der Waals surface area contributed by atoms with E-state index in [-0.39, 0.29) is 0 Å². The molecule has 4 rings (SSSR count). The number of benzene rings is 2. The van der Waals surface area contributed by atoms with E-state index in [2.05, 4.69) is 72.5 Å². The Balaban J connectivity index is 1.86. The third kappa shape index (κ3) is 2.66. The molecule has 23 heavy (non-hydrogen) atoms. The molecule has 0 aliphatic carbocycles. The minimum absolute atomic E-state index is 0.929. The van der Waals surface area contributed by atoms with E-state index >= 15 is 0 Å². The SMILES string of the molecule is Cc1ccc(Sc2sc3ncnn3c2-c2ccccc2C)cc1. The van der Waals surface area contributed by atoms with E-state index < -0.39 is 0 Å². The lowest BCUT2D eigenvalue weighted by Crippen LogP contribution is -1.91. The van der Waals surface area contributed by atoms with Crippen LogP contribution in [0, 0.1) is 13.8 Å². The van der Waals surface area contributed by atoms with Gasteiger partial charge in [-0.15, -0.1) is 0 Å². The van der Waals surface area contributed by atoms with Crippen LogP contribution in [0.5, 0.6) is 0 Å². The van der Waals surface area contributed by atoms with Crippen molar-refractivity contribution in [3.63, 3.8) is 0 Å². The summed E-state index contributed by atoms with van der Waals surface area (Å²) in [5, 5.41) is 4.42. The Morgan fingerprint density at radius 1 is 1.00 bits per heavy atom. The lowest BCUT2D eigenvalue weighted by Gasteiger charge is -2.07. The minimum Gasteiger partial charge on any atom is -0.206 e. The first-order chi connectivity index (χ1) is 11.2. The fourth-order valence-corrected chi connectivity index (χ4v) is 4.76. The van der Waals surface area contributed by atoms with Crippen molar-refractivity contribution in [3.8, 4) is 11.3 Å². The molecule has 3 nitrogen and oxygen atoms in total. The van der Waals surface area contributed by atoms with Crippen LogP contribution >= 0.6 is 23.1 Å². The molecule has 0 atom stereocenters. The highest BCUT2D eigenvalue weighted by atomic mass is 32.2. The normalized spacial score (nSPS) is 11.2. The Kier molecular flexibility index (Phi) is 3.67. The van der Waals surface area contributed by atoms with Crippen molar-refractivity contribution in [3.05, 3.63) is 66.0 Å². The number of aromatic nitrogens is 3. The number of hydrogen-bond donors (Lipinski definition) is 0. The zero-order valence-corrected chi connectivity index (χ0v) is 14.5. The summed E-state index contributed by atoms with van der Waals surface area (Å²) in [4.78, 5) is 6.53. The van der Waals surface area contributed by atoms with Gasteiger partial charge in [-0.2, -0.15) is 5.10 Å². The zero-order valence-electron chi connectivity index (χ0n) is 12.9. The first kappa shape index (κ1) is 14.5. The van der Waals surface area contributed by atoms with Crippen LogP contribution in [-0.2, 0) is 0 Å². The van der Waals surface area contributed by atoms with Crippen molar-refractivity contribution in [2.75, 3.05) is 0 Å². The minimum atomic E-state index is 0.929. The highest BCUT2D eigenvalue weighted by Crippen LogP contribution is 2.42. The molecular weight excluding hydrogens is 322 g/mol. The Morgan fingerprint density at radius 2 is 1.78 bits per heavy atom. The maximum atomic E-state index is 4.42. The third-order valence-corrected chi connectivity index (χ3v) is 5.96. The van der Waals surface area contributed by atoms with Gasteiger partial charge in [0.2, 0.25) is 4.96 Å². The van der Waals surface area contributed by atoms with Gasteiger partial charge in [-0.3, -0.25) is 0 Å².